The maximum absolute atomic E-state index is 12.8. The van der Waals surface area contributed by atoms with Crippen LogP contribution in [0.1, 0.15) is 50.5 Å². The summed E-state index contributed by atoms with van der Waals surface area (Å²) in [5, 5.41) is 16.9. The predicted molar refractivity (Wildman–Crippen MR) is 104 cm³/mol. The molecule has 0 bridgehead atoms. The molecule has 1 unspecified atom stereocenters. The van der Waals surface area contributed by atoms with Gasteiger partial charge in [-0.05, 0) is 36.5 Å². The molecule has 8 heteroatoms. The standard InChI is InChI=1S/C19H24ClN5O2/c1-19(2,3)16(17(22)26)23-18(27)15-13-11-12(20)7-8-14(13)25(24-15)10-6-4-5-9-21/h7-8,11,16H,4-6,10H2,1-3H3,(H2,22,26)(H,23,27). The lowest BCUT2D eigenvalue weighted by molar-refractivity contribution is -0.122. The number of aryl methyl sites for hydroxylation is 1. The molecule has 1 heterocycles. The van der Waals surface area contributed by atoms with Crippen molar-refractivity contribution in [1.29, 1.82) is 5.26 Å². The van der Waals surface area contributed by atoms with Crippen LogP contribution in [0.2, 0.25) is 5.02 Å². The molecule has 0 spiro atoms. The summed E-state index contributed by atoms with van der Waals surface area (Å²) in [5.74, 6) is -1.08. The van der Waals surface area contributed by atoms with Gasteiger partial charge in [-0.3, -0.25) is 14.3 Å². The van der Waals surface area contributed by atoms with Gasteiger partial charge >= 0.3 is 0 Å². The van der Waals surface area contributed by atoms with Crippen LogP contribution in [-0.2, 0) is 11.3 Å². The number of halogens is 1. The Morgan fingerprint density at radius 2 is 2.07 bits per heavy atom. The highest BCUT2D eigenvalue weighted by Gasteiger charge is 2.32. The summed E-state index contributed by atoms with van der Waals surface area (Å²) >= 11 is 6.10. The summed E-state index contributed by atoms with van der Waals surface area (Å²) in [5.41, 5.74) is 5.89. The third kappa shape index (κ3) is 4.98. The van der Waals surface area contributed by atoms with E-state index in [9.17, 15) is 9.59 Å². The number of benzene rings is 1. The fourth-order valence-corrected chi connectivity index (χ4v) is 3.04. The van der Waals surface area contributed by atoms with Crippen LogP contribution in [0.5, 0.6) is 0 Å². The van der Waals surface area contributed by atoms with E-state index < -0.39 is 23.3 Å². The number of nitriles is 1. The van der Waals surface area contributed by atoms with Gasteiger partial charge < -0.3 is 11.1 Å². The second-order valence-corrected chi connectivity index (χ2v) is 7.96. The SMILES string of the molecule is CC(C)(C)C(NC(=O)c1nn(CCCCC#N)c2ccc(Cl)cc12)C(N)=O. The van der Waals surface area contributed by atoms with Crippen molar-refractivity contribution in [1.82, 2.24) is 15.1 Å². The zero-order valence-electron chi connectivity index (χ0n) is 15.8. The van der Waals surface area contributed by atoms with Crippen LogP contribution in [0.3, 0.4) is 0 Å². The number of nitrogens with one attached hydrogen (secondary N) is 1. The van der Waals surface area contributed by atoms with E-state index in [0.717, 1.165) is 18.4 Å². The van der Waals surface area contributed by atoms with Gasteiger partial charge in [0.15, 0.2) is 5.69 Å². The third-order valence-electron chi connectivity index (χ3n) is 4.26. The number of amides is 2. The second-order valence-electron chi connectivity index (χ2n) is 7.52. The van der Waals surface area contributed by atoms with Gasteiger partial charge in [-0.2, -0.15) is 10.4 Å². The van der Waals surface area contributed by atoms with E-state index in [0.29, 0.717) is 23.4 Å². The Morgan fingerprint density at radius 3 is 2.67 bits per heavy atom. The highest BCUT2D eigenvalue weighted by Crippen LogP contribution is 2.25. The molecule has 3 N–H and O–H groups in total. The number of carbonyl (C=O) groups is 2. The van der Waals surface area contributed by atoms with Crippen LogP contribution < -0.4 is 11.1 Å². The minimum absolute atomic E-state index is 0.197. The highest BCUT2D eigenvalue weighted by molar-refractivity contribution is 6.31. The van der Waals surface area contributed by atoms with E-state index in [2.05, 4.69) is 16.5 Å². The first-order valence-corrected chi connectivity index (χ1v) is 9.16. The summed E-state index contributed by atoms with van der Waals surface area (Å²) in [6.07, 6.45) is 1.99. The minimum Gasteiger partial charge on any atom is -0.368 e. The van der Waals surface area contributed by atoms with Gasteiger partial charge in [-0.25, -0.2) is 0 Å². The van der Waals surface area contributed by atoms with Crippen molar-refractivity contribution in [3.8, 4) is 6.07 Å². The van der Waals surface area contributed by atoms with Crippen LogP contribution in [0.15, 0.2) is 18.2 Å². The Morgan fingerprint density at radius 1 is 1.37 bits per heavy atom. The molecule has 0 fully saturated rings. The quantitative estimate of drug-likeness (QED) is 0.708. The number of rotatable bonds is 7. The highest BCUT2D eigenvalue weighted by atomic mass is 35.5. The third-order valence-corrected chi connectivity index (χ3v) is 4.50. The molecule has 1 aromatic heterocycles. The lowest BCUT2D eigenvalue weighted by Gasteiger charge is -2.28. The Balaban J connectivity index is 2.36. The van der Waals surface area contributed by atoms with E-state index >= 15 is 0 Å². The molecule has 144 valence electrons. The van der Waals surface area contributed by atoms with Crippen molar-refractivity contribution >= 4 is 34.3 Å². The average Bonchev–Trinajstić information content (AvgIpc) is 2.93. The Labute approximate surface area is 163 Å². The fourth-order valence-electron chi connectivity index (χ4n) is 2.87. The molecule has 0 aliphatic carbocycles. The van der Waals surface area contributed by atoms with Crippen LogP contribution in [0.4, 0.5) is 0 Å². The van der Waals surface area contributed by atoms with Gasteiger partial charge in [0.05, 0.1) is 11.6 Å². The molecule has 0 aliphatic rings. The topological polar surface area (TPSA) is 114 Å². The molecule has 0 aliphatic heterocycles. The van der Waals surface area contributed by atoms with Crippen LogP contribution in [0, 0.1) is 16.7 Å². The summed E-state index contributed by atoms with van der Waals surface area (Å²) in [6.45, 7) is 6.05. The molecule has 0 saturated heterocycles. The van der Waals surface area contributed by atoms with E-state index in [1.54, 1.807) is 22.9 Å². The predicted octanol–water partition coefficient (Wildman–Crippen LogP) is 3.01. The number of hydrogen-bond donors (Lipinski definition) is 2. The Hall–Kier alpha value is -2.59. The Bertz CT molecular complexity index is 892. The number of nitrogens with zero attached hydrogens (tertiary/aromatic N) is 3. The molecule has 2 rings (SSSR count). The zero-order chi connectivity index (χ0) is 20.2. The van der Waals surface area contributed by atoms with Crippen molar-refractivity contribution < 1.29 is 9.59 Å². The largest absolute Gasteiger partial charge is 0.368 e. The average molecular weight is 390 g/mol. The fraction of sp³-hybridized carbons (Fsp3) is 0.474. The number of hydrogen-bond acceptors (Lipinski definition) is 4. The van der Waals surface area contributed by atoms with Gasteiger partial charge in [-0.15, -0.1) is 0 Å². The molecule has 1 aromatic carbocycles. The monoisotopic (exact) mass is 389 g/mol. The van der Waals surface area contributed by atoms with Crippen molar-refractivity contribution in [2.75, 3.05) is 0 Å². The summed E-state index contributed by atoms with van der Waals surface area (Å²) in [4.78, 5) is 24.6. The maximum atomic E-state index is 12.8. The molecule has 0 saturated carbocycles. The van der Waals surface area contributed by atoms with Crippen molar-refractivity contribution in [2.45, 2.75) is 52.6 Å². The van der Waals surface area contributed by atoms with Gasteiger partial charge in [-0.1, -0.05) is 32.4 Å². The summed E-state index contributed by atoms with van der Waals surface area (Å²) < 4.78 is 1.73. The number of fused-ring (bicyclic) bond motifs is 1. The first kappa shape index (κ1) is 20.7. The van der Waals surface area contributed by atoms with Crippen LogP contribution in [-0.4, -0.2) is 27.6 Å². The molecular formula is C19H24ClN5O2. The van der Waals surface area contributed by atoms with E-state index in [-0.39, 0.29) is 5.69 Å². The van der Waals surface area contributed by atoms with Gasteiger partial charge in [0.25, 0.3) is 5.91 Å². The lowest BCUT2D eigenvalue weighted by Crippen LogP contribution is -2.52. The first-order valence-electron chi connectivity index (χ1n) is 8.78. The summed E-state index contributed by atoms with van der Waals surface area (Å²) in [7, 11) is 0. The van der Waals surface area contributed by atoms with Crippen molar-refractivity contribution in [3.05, 3.63) is 28.9 Å². The van der Waals surface area contributed by atoms with E-state index in [4.69, 9.17) is 22.6 Å². The Kier molecular flexibility index (Phi) is 6.45. The van der Waals surface area contributed by atoms with Crippen molar-refractivity contribution in [2.24, 2.45) is 11.1 Å². The number of aromatic nitrogens is 2. The smallest absolute Gasteiger partial charge is 0.273 e. The number of primary amides is 1. The summed E-state index contributed by atoms with van der Waals surface area (Å²) in [6, 6.07) is 6.50. The molecule has 2 aromatic rings. The number of nitrogens with two attached hydrogens (primary N) is 1. The lowest BCUT2D eigenvalue weighted by atomic mass is 9.86. The molecule has 7 nitrogen and oxygen atoms in total. The molecule has 2 amide bonds. The minimum atomic E-state index is -0.833. The molecule has 0 radical (unpaired) electrons. The molecular weight excluding hydrogens is 366 g/mol. The van der Waals surface area contributed by atoms with Crippen LogP contribution in [0.25, 0.3) is 10.9 Å². The van der Waals surface area contributed by atoms with E-state index in [1.807, 2.05) is 20.8 Å². The van der Waals surface area contributed by atoms with Gasteiger partial charge in [0.1, 0.15) is 6.04 Å². The van der Waals surface area contributed by atoms with Crippen molar-refractivity contribution in [3.63, 3.8) is 0 Å². The normalized spacial score (nSPS) is 12.6. The van der Waals surface area contributed by atoms with Gasteiger partial charge in [0, 0.05) is 23.4 Å². The van der Waals surface area contributed by atoms with Crippen LogP contribution >= 0.6 is 11.6 Å². The molecule has 1 atom stereocenters. The number of unbranched alkanes of at least 4 members (excludes halogenated alkanes) is 2. The van der Waals surface area contributed by atoms with E-state index in [1.165, 1.54) is 0 Å². The first-order chi connectivity index (χ1) is 12.6. The second kappa shape index (κ2) is 8.40. The number of carbonyl (C=O) groups excluding carboxylic acids is 2. The van der Waals surface area contributed by atoms with Gasteiger partial charge in [0.2, 0.25) is 5.91 Å². The molecule has 27 heavy (non-hydrogen) atoms. The maximum Gasteiger partial charge on any atom is 0.273 e. The zero-order valence-corrected chi connectivity index (χ0v) is 16.5.